The molecule has 6 nitrogen and oxygen atoms in total. The third kappa shape index (κ3) is 2.63. The van der Waals surface area contributed by atoms with Crippen molar-refractivity contribution in [3.05, 3.63) is 0 Å². The number of hydrogen-bond donors (Lipinski definition) is 1. The summed E-state index contributed by atoms with van der Waals surface area (Å²) in [6, 6.07) is -0.468. The van der Waals surface area contributed by atoms with E-state index in [4.69, 9.17) is 4.74 Å². The lowest BCUT2D eigenvalue weighted by Crippen LogP contribution is -2.46. The highest BCUT2D eigenvalue weighted by atomic mass is 16.5. The fraction of sp³-hybridized carbons (Fsp3) is 0.769. The minimum absolute atomic E-state index is 0.0195. The van der Waals surface area contributed by atoms with Gasteiger partial charge in [0.2, 0.25) is 17.7 Å². The molecule has 1 aliphatic carbocycles. The Morgan fingerprint density at radius 2 is 2.11 bits per heavy atom. The maximum absolute atomic E-state index is 12.4. The Kier molecular flexibility index (Phi) is 3.26. The van der Waals surface area contributed by atoms with Crippen LogP contribution in [0, 0.1) is 0 Å². The Balaban J connectivity index is 1.68. The zero-order chi connectivity index (χ0) is 13.4. The first-order chi connectivity index (χ1) is 9.15. The highest BCUT2D eigenvalue weighted by molar-refractivity contribution is 6.06. The number of amides is 3. The SMILES string of the molecule is O=C1C[C@@H](N(C(=O)C[C@H]2CCCO2)C2CC2)C(=O)N1. The van der Waals surface area contributed by atoms with E-state index in [-0.39, 0.29) is 36.3 Å². The topological polar surface area (TPSA) is 75.7 Å². The van der Waals surface area contributed by atoms with E-state index in [1.54, 1.807) is 4.90 Å². The van der Waals surface area contributed by atoms with Gasteiger partial charge in [0.1, 0.15) is 6.04 Å². The van der Waals surface area contributed by atoms with Crippen molar-refractivity contribution in [2.75, 3.05) is 6.61 Å². The molecule has 0 spiro atoms. The predicted molar refractivity (Wildman–Crippen MR) is 65.0 cm³/mol. The molecule has 2 atom stereocenters. The molecule has 0 aromatic rings. The predicted octanol–water partition coefficient (Wildman–Crippen LogP) is -0.0384. The molecule has 0 unspecified atom stereocenters. The lowest BCUT2D eigenvalue weighted by atomic mass is 10.1. The van der Waals surface area contributed by atoms with Gasteiger partial charge in [-0.15, -0.1) is 0 Å². The second-order valence-corrected chi connectivity index (χ2v) is 5.50. The molecule has 104 valence electrons. The molecule has 0 aromatic heterocycles. The first kappa shape index (κ1) is 12.6. The van der Waals surface area contributed by atoms with E-state index >= 15 is 0 Å². The fourth-order valence-corrected chi connectivity index (χ4v) is 2.85. The molecule has 2 heterocycles. The fourth-order valence-electron chi connectivity index (χ4n) is 2.85. The summed E-state index contributed by atoms with van der Waals surface area (Å²) in [4.78, 5) is 37.0. The van der Waals surface area contributed by atoms with Gasteiger partial charge in [-0.1, -0.05) is 0 Å². The van der Waals surface area contributed by atoms with Crippen molar-refractivity contribution in [1.82, 2.24) is 10.2 Å². The Morgan fingerprint density at radius 1 is 1.32 bits per heavy atom. The summed E-state index contributed by atoms with van der Waals surface area (Å²) >= 11 is 0. The maximum Gasteiger partial charge on any atom is 0.249 e. The molecule has 19 heavy (non-hydrogen) atoms. The first-order valence-corrected chi connectivity index (χ1v) is 6.91. The Labute approximate surface area is 111 Å². The normalized spacial score (nSPS) is 30.5. The lowest BCUT2D eigenvalue weighted by molar-refractivity contribution is -0.141. The molecular weight excluding hydrogens is 248 g/mol. The summed E-state index contributed by atoms with van der Waals surface area (Å²) < 4.78 is 5.47. The van der Waals surface area contributed by atoms with Gasteiger partial charge in [0, 0.05) is 12.6 Å². The van der Waals surface area contributed by atoms with Crippen LogP contribution in [-0.2, 0) is 19.1 Å². The van der Waals surface area contributed by atoms with Crippen molar-refractivity contribution >= 4 is 17.7 Å². The summed E-state index contributed by atoms with van der Waals surface area (Å²) in [5.41, 5.74) is 0. The molecule has 1 N–H and O–H groups in total. The van der Waals surface area contributed by atoms with Gasteiger partial charge < -0.3 is 9.64 Å². The van der Waals surface area contributed by atoms with Crippen molar-refractivity contribution in [2.24, 2.45) is 0 Å². The second-order valence-electron chi connectivity index (χ2n) is 5.50. The molecule has 3 fully saturated rings. The highest BCUT2D eigenvalue weighted by Gasteiger charge is 2.44. The zero-order valence-electron chi connectivity index (χ0n) is 10.8. The molecule has 1 saturated carbocycles. The van der Waals surface area contributed by atoms with Crippen LogP contribution in [0.2, 0.25) is 0 Å². The molecule has 3 aliphatic rings. The summed E-state index contributed by atoms with van der Waals surface area (Å²) in [5, 5.41) is 2.28. The van der Waals surface area contributed by atoms with Crippen LogP contribution in [0.4, 0.5) is 0 Å². The number of rotatable bonds is 4. The van der Waals surface area contributed by atoms with Crippen molar-refractivity contribution in [2.45, 2.75) is 56.7 Å². The number of hydrogen-bond acceptors (Lipinski definition) is 4. The summed E-state index contributed by atoms with van der Waals surface area (Å²) in [7, 11) is 0. The quantitative estimate of drug-likeness (QED) is 0.725. The lowest BCUT2D eigenvalue weighted by Gasteiger charge is -2.27. The second kappa shape index (κ2) is 4.92. The van der Waals surface area contributed by atoms with Crippen LogP contribution in [-0.4, -0.2) is 47.4 Å². The standard InChI is InChI=1S/C13H18N2O4/c16-11-7-10(13(18)14-11)15(8-3-4-8)12(17)6-9-2-1-5-19-9/h8-10H,1-7H2,(H,14,16,18)/t9-,10-/m1/s1. The van der Waals surface area contributed by atoms with Crippen LogP contribution in [0.3, 0.4) is 0 Å². The monoisotopic (exact) mass is 266 g/mol. The van der Waals surface area contributed by atoms with E-state index in [9.17, 15) is 14.4 Å². The van der Waals surface area contributed by atoms with Crippen LogP contribution in [0.25, 0.3) is 0 Å². The van der Waals surface area contributed by atoms with Crippen molar-refractivity contribution < 1.29 is 19.1 Å². The number of nitrogens with one attached hydrogen (secondary N) is 1. The Hall–Kier alpha value is -1.43. The summed E-state index contributed by atoms with van der Waals surface area (Å²) in [6.07, 6.45) is 4.16. The van der Waals surface area contributed by atoms with Gasteiger partial charge in [-0.25, -0.2) is 0 Å². The van der Waals surface area contributed by atoms with Gasteiger partial charge in [-0.05, 0) is 25.7 Å². The summed E-state index contributed by atoms with van der Waals surface area (Å²) in [5.74, 6) is -0.674. The first-order valence-electron chi connectivity index (χ1n) is 6.91. The van der Waals surface area contributed by atoms with Gasteiger partial charge in [0.15, 0.2) is 0 Å². The number of nitrogens with zero attached hydrogens (tertiary/aromatic N) is 1. The smallest absolute Gasteiger partial charge is 0.249 e. The molecule has 0 aromatic carbocycles. The van der Waals surface area contributed by atoms with Crippen LogP contribution in [0.1, 0.15) is 38.5 Å². The molecule has 0 bridgehead atoms. The molecule has 3 amide bonds. The van der Waals surface area contributed by atoms with E-state index < -0.39 is 6.04 Å². The highest BCUT2D eigenvalue weighted by Crippen LogP contribution is 2.32. The number of carbonyl (C=O) groups excluding carboxylic acids is 3. The zero-order valence-corrected chi connectivity index (χ0v) is 10.8. The summed E-state index contributed by atoms with van der Waals surface area (Å²) in [6.45, 7) is 0.712. The minimum Gasteiger partial charge on any atom is -0.378 e. The van der Waals surface area contributed by atoms with Gasteiger partial charge >= 0.3 is 0 Å². The van der Waals surface area contributed by atoms with Crippen molar-refractivity contribution in [1.29, 1.82) is 0 Å². The number of ether oxygens (including phenoxy) is 1. The number of imide groups is 1. The Bertz CT molecular complexity index is 413. The van der Waals surface area contributed by atoms with E-state index in [0.29, 0.717) is 13.0 Å². The maximum atomic E-state index is 12.4. The molecule has 6 heteroatoms. The van der Waals surface area contributed by atoms with Gasteiger partial charge in [0.25, 0.3) is 0 Å². The Morgan fingerprint density at radius 3 is 2.63 bits per heavy atom. The van der Waals surface area contributed by atoms with Crippen LogP contribution < -0.4 is 5.32 Å². The van der Waals surface area contributed by atoms with Crippen LogP contribution >= 0.6 is 0 Å². The van der Waals surface area contributed by atoms with E-state index in [0.717, 1.165) is 25.7 Å². The van der Waals surface area contributed by atoms with E-state index in [1.807, 2.05) is 0 Å². The molecule has 0 radical (unpaired) electrons. The van der Waals surface area contributed by atoms with E-state index in [2.05, 4.69) is 5.32 Å². The number of carbonyl (C=O) groups is 3. The van der Waals surface area contributed by atoms with Gasteiger partial charge in [0.05, 0.1) is 18.9 Å². The average Bonchev–Trinajstić information content (AvgIpc) is 2.94. The molecular formula is C13H18N2O4. The van der Waals surface area contributed by atoms with Crippen molar-refractivity contribution in [3.63, 3.8) is 0 Å². The molecule has 3 rings (SSSR count). The van der Waals surface area contributed by atoms with Crippen LogP contribution in [0.5, 0.6) is 0 Å². The van der Waals surface area contributed by atoms with Gasteiger partial charge in [-0.3, -0.25) is 19.7 Å². The molecule has 2 aliphatic heterocycles. The van der Waals surface area contributed by atoms with E-state index in [1.165, 1.54) is 0 Å². The molecule has 2 saturated heterocycles. The van der Waals surface area contributed by atoms with Gasteiger partial charge in [-0.2, -0.15) is 0 Å². The minimum atomic E-state index is -0.603. The third-order valence-electron chi connectivity index (χ3n) is 3.93. The van der Waals surface area contributed by atoms with Crippen molar-refractivity contribution in [3.8, 4) is 0 Å². The third-order valence-corrected chi connectivity index (χ3v) is 3.93. The largest absolute Gasteiger partial charge is 0.378 e. The van der Waals surface area contributed by atoms with Crippen LogP contribution in [0.15, 0.2) is 0 Å². The average molecular weight is 266 g/mol.